The first-order valence-electron chi connectivity index (χ1n) is 4.11. The number of hydrazine groups is 1. The van der Waals surface area contributed by atoms with Crippen LogP contribution in [-0.2, 0) is 0 Å². The molecule has 1 aromatic rings. The molecular weight excluding hydrogens is 230 g/mol. The van der Waals surface area contributed by atoms with Gasteiger partial charge < -0.3 is 10.7 Å². The summed E-state index contributed by atoms with van der Waals surface area (Å²) in [4.78, 5) is 0. The highest BCUT2D eigenvalue weighted by molar-refractivity contribution is 9.10. The van der Waals surface area contributed by atoms with Gasteiger partial charge in [-0.15, -0.1) is 0 Å². The highest BCUT2D eigenvalue weighted by atomic mass is 79.9. The van der Waals surface area contributed by atoms with Gasteiger partial charge in [-0.2, -0.15) is 0 Å². The normalized spacial score (nSPS) is 10.5. The molecule has 0 spiro atoms. The van der Waals surface area contributed by atoms with Crippen molar-refractivity contribution in [2.24, 2.45) is 5.84 Å². The number of hydrogen-bond acceptors (Lipinski definition) is 3. The van der Waals surface area contributed by atoms with E-state index in [1.54, 1.807) is 5.01 Å². The lowest BCUT2D eigenvalue weighted by molar-refractivity contribution is 0.712. The molecular formula is C9H14BrN3. The number of hydrogen-bond donors (Lipinski definition) is 2. The van der Waals surface area contributed by atoms with Crippen molar-refractivity contribution in [3.05, 3.63) is 22.7 Å². The van der Waals surface area contributed by atoms with Crippen molar-refractivity contribution < 1.29 is 0 Å². The number of rotatable bonds is 2. The topological polar surface area (TPSA) is 55.3 Å². The molecule has 3 nitrogen and oxygen atoms in total. The summed E-state index contributed by atoms with van der Waals surface area (Å²) in [6.07, 6.45) is 0. The first-order chi connectivity index (χ1) is 6.02. The minimum atomic E-state index is 0.239. The SMILES string of the molecule is CC(C)N(N)c1ccc(Br)cc1N. The zero-order valence-corrected chi connectivity index (χ0v) is 9.38. The van der Waals surface area contributed by atoms with Crippen molar-refractivity contribution in [3.8, 4) is 0 Å². The van der Waals surface area contributed by atoms with Gasteiger partial charge in [0.05, 0.1) is 11.4 Å². The van der Waals surface area contributed by atoms with Gasteiger partial charge in [0.2, 0.25) is 0 Å². The quantitative estimate of drug-likeness (QED) is 0.476. The lowest BCUT2D eigenvalue weighted by Crippen LogP contribution is -2.37. The Labute approximate surface area is 86.8 Å². The average Bonchev–Trinajstić information content (AvgIpc) is 2.03. The molecule has 0 aromatic heterocycles. The second-order valence-electron chi connectivity index (χ2n) is 3.20. The Morgan fingerprint density at radius 2 is 2.00 bits per heavy atom. The van der Waals surface area contributed by atoms with Crippen molar-refractivity contribution in [2.75, 3.05) is 10.7 Å². The molecule has 4 N–H and O–H groups in total. The van der Waals surface area contributed by atoms with E-state index in [1.807, 2.05) is 32.0 Å². The molecule has 0 aliphatic heterocycles. The van der Waals surface area contributed by atoms with Crippen molar-refractivity contribution in [3.63, 3.8) is 0 Å². The van der Waals surface area contributed by atoms with E-state index in [-0.39, 0.29) is 6.04 Å². The van der Waals surface area contributed by atoms with Gasteiger partial charge in [-0.05, 0) is 32.0 Å². The van der Waals surface area contributed by atoms with Crippen molar-refractivity contribution >= 4 is 27.3 Å². The maximum Gasteiger partial charge on any atom is 0.0750 e. The predicted octanol–water partition coefficient (Wildman–Crippen LogP) is 2.12. The highest BCUT2D eigenvalue weighted by Gasteiger charge is 2.08. The van der Waals surface area contributed by atoms with Crippen LogP contribution < -0.4 is 16.6 Å². The Morgan fingerprint density at radius 1 is 1.38 bits per heavy atom. The molecule has 1 aromatic carbocycles. The third-order valence-corrected chi connectivity index (χ3v) is 2.32. The highest BCUT2D eigenvalue weighted by Crippen LogP contribution is 2.25. The Morgan fingerprint density at radius 3 is 2.46 bits per heavy atom. The molecule has 0 radical (unpaired) electrons. The van der Waals surface area contributed by atoms with Crippen LogP contribution in [0.25, 0.3) is 0 Å². The number of nitrogens with two attached hydrogens (primary N) is 2. The number of nitrogens with zero attached hydrogens (tertiary/aromatic N) is 1. The van der Waals surface area contributed by atoms with Crippen LogP contribution in [0.5, 0.6) is 0 Å². The van der Waals surface area contributed by atoms with Gasteiger partial charge in [0.15, 0.2) is 0 Å². The third-order valence-electron chi connectivity index (χ3n) is 1.82. The Bertz CT molecular complexity index is 299. The molecule has 1 rings (SSSR count). The first-order valence-corrected chi connectivity index (χ1v) is 4.90. The largest absolute Gasteiger partial charge is 0.397 e. The van der Waals surface area contributed by atoms with Gasteiger partial charge >= 0.3 is 0 Å². The van der Waals surface area contributed by atoms with Crippen molar-refractivity contribution in [1.29, 1.82) is 0 Å². The minimum absolute atomic E-state index is 0.239. The molecule has 0 aliphatic carbocycles. The summed E-state index contributed by atoms with van der Waals surface area (Å²) in [6, 6.07) is 5.91. The molecule has 72 valence electrons. The van der Waals surface area contributed by atoms with E-state index in [1.165, 1.54) is 0 Å². The van der Waals surface area contributed by atoms with E-state index < -0.39 is 0 Å². The van der Waals surface area contributed by atoms with Crippen LogP contribution in [0.4, 0.5) is 11.4 Å². The third kappa shape index (κ3) is 2.35. The maximum atomic E-state index is 5.83. The number of nitrogen functional groups attached to an aromatic ring is 1. The van der Waals surface area contributed by atoms with Gasteiger partial charge in [0, 0.05) is 10.5 Å². The van der Waals surface area contributed by atoms with Gasteiger partial charge in [0.25, 0.3) is 0 Å². The van der Waals surface area contributed by atoms with Gasteiger partial charge in [-0.1, -0.05) is 15.9 Å². The molecule has 0 fully saturated rings. The molecule has 0 bridgehead atoms. The zero-order valence-electron chi connectivity index (χ0n) is 7.79. The number of halogens is 1. The molecule has 0 aliphatic rings. The fourth-order valence-electron chi connectivity index (χ4n) is 1.04. The summed E-state index contributed by atoms with van der Waals surface area (Å²) in [5.74, 6) is 5.83. The van der Waals surface area contributed by atoms with Gasteiger partial charge in [0.1, 0.15) is 0 Å². The van der Waals surface area contributed by atoms with E-state index in [0.29, 0.717) is 5.69 Å². The summed E-state index contributed by atoms with van der Waals surface area (Å²) in [5.41, 5.74) is 7.35. The van der Waals surface area contributed by atoms with Crippen LogP contribution >= 0.6 is 15.9 Å². The van der Waals surface area contributed by atoms with Crippen LogP contribution in [0, 0.1) is 0 Å². The molecule has 0 saturated carbocycles. The molecule has 0 unspecified atom stereocenters. The summed E-state index contributed by atoms with van der Waals surface area (Å²) in [6.45, 7) is 4.03. The van der Waals surface area contributed by atoms with Gasteiger partial charge in [-0.25, -0.2) is 5.84 Å². The summed E-state index contributed by atoms with van der Waals surface area (Å²) >= 11 is 3.34. The van der Waals surface area contributed by atoms with Crippen molar-refractivity contribution in [1.82, 2.24) is 0 Å². The monoisotopic (exact) mass is 243 g/mol. The molecule has 0 saturated heterocycles. The minimum Gasteiger partial charge on any atom is -0.397 e. The Hall–Kier alpha value is -0.740. The average molecular weight is 244 g/mol. The predicted molar refractivity (Wildman–Crippen MR) is 60.4 cm³/mol. The number of benzene rings is 1. The van der Waals surface area contributed by atoms with Crippen LogP contribution in [-0.4, -0.2) is 6.04 Å². The van der Waals surface area contributed by atoms with E-state index in [4.69, 9.17) is 11.6 Å². The standard InChI is InChI=1S/C9H14BrN3/c1-6(2)13(12)9-4-3-7(10)5-8(9)11/h3-6H,11-12H2,1-2H3. The summed E-state index contributed by atoms with van der Waals surface area (Å²) in [5, 5.41) is 1.65. The molecule has 13 heavy (non-hydrogen) atoms. The second kappa shape index (κ2) is 3.98. The summed E-state index contributed by atoms with van der Waals surface area (Å²) < 4.78 is 0.964. The second-order valence-corrected chi connectivity index (χ2v) is 4.12. The lowest BCUT2D eigenvalue weighted by atomic mass is 10.2. The Kier molecular flexibility index (Phi) is 3.17. The molecule has 0 atom stereocenters. The first kappa shape index (κ1) is 10.3. The van der Waals surface area contributed by atoms with Crippen LogP contribution in [0.15, 0.2) is 22.7 Å². The smallest absolute Gasteiger partial charge is 0.0750 e. The lowest BCUT2D eigenvalue weighted by Gasteiger charge is -2.24. The van der Waals surface area contributed by atoms with Crippen molar-refractivity contribution in [2.45, 2.75) is 19.9 Å². The van der Waals surface area contributed by atoms with Crippen LogP contribution in [0.1, 0.15) is 13.8 Å². The Balaban J connectivity index is 3.01. The number of anilines is 2. The fourth-order valence-corrected chi connectivity index (χ4v) is 1.42. The van der Waals surface area contributed by atoms with Crippen LogP contribution in [0.2, 0.25) is 0 Å². The fraction of sp³-hybridized carbons (Fsp3) is 0.333. The molecule has 0 heterocycles. The molecule has 4 heteroatoms. The van der Waals surface area contributed by atoms with E-state index in [0.717, 1.165) is 10.2 Å². The van der Waals surface area contributed by atoms with E-state index >= 15 is 0 Å². The maximum absolute atomic E-state index is 5.83. The summed E-state index contributed by atoms with van der Waals surface area (Å²) in [7, 11) is 0. The van der Waals surface area contributed by atoms with E-state index in [2.05, 4.69) is 15.9 Å². The van der Waals surface area contributed by atoms with E-state index in [9.17, 15) is 0 Å². The van der Waals surface area contributed by atoms with Crippen LogP contribution in [0.3, 0.4) is 0 Å². The molecule has 0 amide bonds. The zero-order chi connectivity index (χ0) is 10.0. The van der Waals surface area contributed by atoms with Gasteiger partial charge in [-0.3, -0.25) is 0 Å².